The van der Waals surface area contributed by atoms with Crippen LogP contribution in [-0.2, 0) is 0 Å². The molecule has 4 heteroatoms. The van der Waals surface area contributed by atoms with Crippen LogP contribution in [0.15, 0.2) is 122 Å². The first kappa shape index (κ1) is 24.1. The monoisotopic (exact) mass is 486 g/mol. The van der Waals surface area contributed by atoms with Gasteiger partial charge in [0.1, 0.15) is 0 Å². The minimum absolute atomic E-state index is 0.545. The summed E-state index contributed by atoms with van der Waals surface area (Å²) in [7, 11) is 0. The Kier molecular flexibility index (Phi) is 7.26. The highest BCUT2D eigenvalue weighted by molar-refractivity contribution is 5.95. The van der Waals surface area contributed by atoms with Crippen molar-refractivity contribution in [1.82, 2.24) is 9.97 Å². The van der Waals surface area contributed by atoms with Gasteiger partial charge in [-0.1, -0.05) is 72.8 Å². The van der Waals surface area contributed by atoms with Crippen molar-refractivity contribution in [2.24, 2.45) is 0 Å². The van der Waals surface area contributed by atoms with E-state index >= 15 is 0 Å². The molecule has 4 nitrogen and oxygen atoms in total. The van der Waals surface area contributed by atoms with Gasteiger partial charge in [-0.25, -0.2) is 0 Å². The molecule has 0 saturated heterocycles. The Morgan fingerprint density at radius 2 is 0.868 bits per heavy atom. The average molecular weight is 487 g/mol. The lowest BCUT2D eigenvalue weighted by Crippen LogP contribution is -1.89. The van der Waals surface area contributed by atoms with Gasteiger partial charge in [0.25, 0.3) is 0 Å². The van der Waals surface area contributed by atoms with Crippen molar-refractivity contribution in [3.05, 3.63) is 144 Å². The zero-order chi connectivity index (χ0) is 26.2. The van der Waals surface area contributed by atoms with E-state index in [1.54, 1.807) is 24.8 Å². The van der Waals surface area contributed by atoms with Crippen LogP contribution in [0.3, 0.4) is 0 Å². The molecule has 0 N–H and O–H groups in total. The van der Waals surface area contributed by atoms with Crippen LogP contribution in [0.4, 0.5) is 0 Å². The van der Waals surface area contributed by atoms with Gasteiger partial charge in [0.05, 0.1) is 23.3 Å². The number of benzene rings is 3. The second-order valence-electron chi connectivity index (χ2n) is 8.56. The Morgan fingerprint density at radius 1 is 0.500 bits per heavy atom. The maximum absolute atomic E-state index is 9.96. The lowest BCUT2D eigenvalue weighted by Gasteiger charge is -2.09. The molecule has 0 atom stereocenters. The van der Waals surface area contributed by atoms with Gasteiger partial charge in [-0.3, -0.25) is 9.97 Å². The van der Waals surface area contributed by atoms with Crippen LogP contribution in [0, 0.1) is 22.7 Å². The number of aromatic nitrogens is 2. The molecule has 0 unspecified atom stereocenters. The van der Waals surface area contributed by atoms with Crippen LogP contribution < -0.4 is 0 Å². The molecular formula is C34H22N4. The lowest BCUT2D eigenvalue weighted by atomic mass is 9.95. The topological polar surface area (TPSA) is 73.4 Å². The number of rotatable bonds is 6. The first-order valence-corrected chi connectivity index (χ1v) is 12.1. The normalized spacial score (nSPS) is 11.4. The van der Waals surface area contributed by atoms with Crippen LogP contribution in [0.25, 0.3) is 45.6 Å². The van der Waals surface area contributed by atoms with Gasteiger partial charge >= 0.3 is 0 Å². The van der Waals surface area contributed by atoms with Gasteiger partial charge < -0.3 is 0 Å². The van der Waals surface area contributed by atoms with Crippen molar-refractivity contribution < 1.29 is 0 Å². The zero-order valence-corrected chi connectivity index (χ0v) is 20.5. The number of pyridine rings is 2. The summed E-state index contributed by atoms with van der Waals surface area (Å²) in [6.45, 7) is 0. The van der Waals surface area contributed by atoms with E-state index in [4.69, 9.17) is 0 Å². The van der Waals surface area contributed by atoms with Gasteiger partial charge in [0, 0.05) is 24.8 Å². The molecule has 0 saturated carbocycles. The predicted molar refractivity (Wildman–Crippen MR) is 153 cm³/mol. The SMILES string of the molecule is N#CC(=Cc1ccccc1-c1ccncc1)c1ccc(C(C#N)=Cc2ccccc2-c2ccncc2)cc1. The third-order valence-corrected chi connectivity index (χ3v) is 6.25. The standard InChI is InChI=1S/C34H22N4/c35-23-31(21-29-5-1-3-7-33(29)27-13-17-37-18-14-27)25-9-11-26(12-10-25)32(24-36)22-30-6-2-4-8-34(30)28-15-19-38-20-16-28/h1-22H. The largest absolute Gasteiger partial charge is 0.265 e. The van der Waals surface area contributed by atoms with Crippen LogP contribution in [-0.4, -0.2) is 9.97 Å². The summed E-state index contributed by atoms with van der Waals surface area (Å²) in [5.41, 5.74) is 8.70. The number of hydrogen-bond acceptors (Lipinski definition) is 4. The summed E-state index contributed by atoms with van der Waals surface area (Å²) in [6, 6.07) is 36.0. The minimum atomic E-state index is 0.545. The first-order chi connectivity index (χ1) is 18.8. The zero-order valence-electron chi connectivity index (χ0n) is 20.5. The number of allylic oxidation sites excluding steroid dienone is 2. The van der Waals surface area contributed by atoms with Crippen molar-refractivity contribution in [2.45, 2.75) is 0 Å². The third kappa shape index (κ3) is 5.31. The molecule has 0 aliphatic heterocycles. The molecule has 5 rings (SSSR count). The maximum atomic E-state index is 9.96. The van der Waals surface area contributed by atoms with E-state index in [0.29, 0.717) is 11.1 Å². The van der Waals surface area contributed by atoms with Crippen molar-refractivity contribution in [3.8, 4) is 34.4 Å². The summed E-state index contributed by atoms with van der Waals surface area (Å²) in [4.78, 5) is 8.21. The molecule has 2 aromatic heterocycles. The highest BCUT2D eigenvalue weighted by Crippen LogP contribution is 2.30. The fourth-order valence-corrected chi connectivity index (χ4v) is 4.34. The summed E-state index contributed by atoms with van der Waals surface area (Å²) >= 11 is 0. The lowest BCUT2D eigenvalue weighted by molar-refractivity contribution is 1.33. The molecule has 0 spiro atoms. The van der Waals surface area contributed by atoms with Crippen LogP contribution >= 0.6 is 0 Å². The van der Waals surface area contributed by atoms with E-state index in [-0.39, 0.29) is 0 Å². The minimum Gasteiger partial charge on any atom is -0.265 e. The van der Waals surface area contributed by atoms with Gasteiger partial charge in [-0.2, -0.15) is 10.5 Å². The maximum Gasteiger partial charge on any atom is 0.0998 e. The van der Waals surface area contributed by atoms with E-state index in [9.17, 15) is 10.5 Å². The Morgan fingerprint density at radius 3 is 1.24 bits per heavy atom. The van der Waals surface area contributed by atoms with Gasteiger partial charge in [0.15, 0.2) is 0 Å². The van der Waals surface area contributed by atoms with Crippen LogP contribution in [0.2, 0.25) is 0 Å². The Balaban J connectivity index is 1.48. The summed E-state index contributed by atoms with van der Waals surface area (Å²) in [6.07, 6.45) is 10.8. The molecule has 5 aromatic rings. The first-order valence-electron chi connectivity index (χ1n) is 12.1. The van der Waals surface area contributed by atoms with Crippen LogP contribution in [0.1, 0.15) is 22.3 Å². The summed E-state index contributed by atoms with van der Waals surface area (Å²) in [5, 5.41) is 19.9. The van der Waals surface area contributed by atoms with E-state index in [0.717, 1.165) is 44.5 Å². The van der Waals surface area contributed by atoms with E-state index in [2.05, 4.69) is 22.1 Å². The molecule has 0 bridgehead atoms. The fourth-order valence-electron chi connectivity index (χ4n) is 4.34. The number of nitrogens with zero attached hydrogens (tertiary/aromatic N) is 4. The Labute approximate surface area is 222 Å². The second-order valence-corrected chi connectivity index (χ2v) is 8.56. The van der Waals surface area contributed by atoms with Crippen molar-refractivity contribution in [1.29, 1.82) is 10.5 Å². The van der Waals surface area contributed by atoms with Gasteiger partial charge in [0.2, 0.25) is 0 Å². The predicted octanol–water partition coefficient (Wildman–Crippen LogP) is 7.94. The molecule has 178 valence electrons. The quantitative estimate of drug-likeness (QED) is 0.180. The highest BCUT2D eigenvalue weighted by atomic mass is 14.6. The van der Waals surface area contributed by atoms with Gasteiger partial charge in [-0.05, 0) is 80.9 Å². The molecular weight excluding hydrogens is 464 g/mol. The Bertz CT molecular complexity index is 1570. The highest BCUT2D eigenvalue weighted by Gasteiger charge is 2.09. The molecule has 0 amide bonds. The van der Waals surface area contributed by atoms with E-state index in [1.165, 1.54) is 0 Å². The molecule has 0 fully saturated rings. The summed E-state index contributed by atoms with van der Waals surface area (Å²) in [5.74, 6) is 0. The molecule has 2 heterocycles. The van der Waals surface area contributed by atoms with E-state index in [1.807, 2.05) is 109 Å². The molecule has 0 aliphatic rings. The fraction of sp³-hybridized carbons (Fsp3) is 0. The average Bonchev–Trinajstić information content (AvgIpc) is 3.00. The number of nitriles is 2. The number of hydrogen-bond donors (Lipinski definition) is 0. The smallest absolute Gasteiger partial charge is 0.0998 e. The van der Waals surface area contributed by atoms with Crippen molar-refractivity contribution >= 4 is 23.3 Å². The molecule has 0 aliphatic carbocycles. The van der Waals surface area contributed by atoms with Gasteiger partial charge in [-0.15, -0.1) is 0 Å². The Hall–Kier alpha value is -5.58. The van der Waals surface area contributed by atoms with E-state index < -0.39 is 0 Å². The van der Waals surface area contributed by atoms with Crippen LogP contribution in [0.5, 0.6) is 0 Å². The molecule has 38 heavy (non-hydrogen) atoms. The summed E-state index contributed by atoms with van der Waals surface area (Å²) < 4.78 is 0. The molecule has 0 radical (unpaired) electrons. The third-order valence-electron chi connectivity index (χ3n) is 6.25. The second kappa shape index (κ2) is 11.4. The molecule has 3 aromatic carbocycles. The van der Waals surface area contributed by atoms with Crippen molar-refractivity contribution in [3.63, 3.8) is 0 Å². The van der Waals surface area contributed by atoms with Crippen molar-refractivity contribution in [2.75, 3.05) is 0 Å².